The smallest absolute Gasteiger partial charge is 0.147 e. The Morgan fingerprint density at radius 2 is 1.85 bits per heavy atom. The van der Waals surface area contributed by atoms with Crippen molar-refractivity contribution in [2.45, 2.75) is 44.3 Å². The van der Waals surface area contributed by atoms with Crippen LogP contribution in [0.3, 0.4) is 0 Å². The molecule has 5 heteroatoms. The van der Waals surface area contributed by atoms with Gasteiger partial charge in [0.25, 0.3) is 0 Å². The Kier molecular flexibility index (Phi) is 3.32. The fourth-order valence-electron chi connectivity index (χ4n) is 2.92. The normalized spacial score (nSPS) is 24.1. The molecule has 2 aliphatic carbocycles. The Bertz CT molecular complexity index is 461. The van der Waals surface area contributed by atoms with Crippen LogP contribution in [0.4, 0.5) is 5.82 Å². The van der Waals surface area contributed by atoms with Gasteiger partial charge in [-0.1, -0.05) is 0 Å². The average molecular weight is 273 g/mol. The molecule has 1 N–H and O–H groups in total. The molecule has 5 nitrogen and oxygen atoms in total. The SMILES string of the molecule is c1ncc(N2CCN(C3CC3)CC2)nc1CNC1CC1. The third-order valence-corrected chi connectivity index (χ3v) is 4.52. The summed E-state index contributed by atoms with van der Waals surface area (Å²) >= 11 is 0. The first-order valence-electron chi connectivity index (χ1n) is 7.92. The van der Waals surface area contributed by atoms with E-state index in [1.54, 1.807) is 0 Å². The van der Waals surface area contributed by atoms with Crippen molar-refractivity contribution in [3.8, 4) is 0 Å². The summed E-state index contributed by atoms with van der Waals surface area (Å²) in [6.07, 6.45) is 9.24. The van der Waals surface area contributed by atoms with Crippen LogP contribution in [-0.4, -0.2) is 53.1 Å². The lowest BCUT2D eigenvalue weighted by atomic mass is 10.3. The topological polar surface area (TPSA) is 44.3 Å². The van der Waals surface area contributed by atoms with Crippen LogP contribution in [0.2, 0.25) is 0 Å². The van der Waals surface area contributed by atoms with Gasteiger partial charge in [0.05, 0.1) is 11.9 Å². The van der Waals surface area contributed by atoms with Gasteiger partial charge in [0.15, 0.2) is 0 Å². The first-order valence-corrected chi connectivity index (χ1v) is 7.92. The van der Waals surface area contributed by atoms with Gasteiger partial charge in [-0.2, -0.15) is 0 Å². The zero-order chi connectivity index (χ0) is 13.4. The molecule has 0 radical (unpaired) electrons. The maximum atomic E-state index is 4.76. The lowest BCUT2D eigenvalue weighted by molar-refractivity contribution is 0.247. The van der Waals surface area contributed by atoms with Crippen LogP contribution in [0.5, 0.6) is 0 Å². The summed E-state index contributed by atoms with van der Waals surface area (Å²) in [6, 6.07) is 1.61. The molecule has 2 saturated carbocycles. The molecule has 20 heavy (non-hydrogen) atoms. The number of anilines is 1. The molecule has 1 aliphatic heterocycles. The maximum absolute atomic E-state index is 4.76. The Hall–Kier alpha value is -1.20. The highest BCUT2D eigenvalue weighted by Gasteiger charge is 2.31. The summed E-state index contributed by atoms with van der Waals surface area (Å²) < 4.78 is 0. The van der Waals surface area contributed by atoms with Crippen LogP contribution in [0.25, 0.3) is 0 Å². The van der Waals surface area contributed by atoms with Crippen molar-refractivity contribution in [1.82, 2.24) is 20.2 Å². The Morgan fingerprint density at radius 3 is 2.55 bits per heavy atom. The lowest BCUT2D eigenvalue weighted by Gasteiger charge is -2.35. The number of aromatic nitrogens is 2. The van der Waals surface area contributed by atoms with Gasteiger partial charge in [0, 0.05) is 51.0 Å². The Balaban J connectivity index is 1.36. The summed E-state index contributed by atoms with van der Waals surface area (Å²) in [5.74, 6) is 1.05. The van der Waals surface area contributed by atoms with Gasteiger partial charge in [-0.25, -0.2) is 4.98 Å². The zero-order valence-corrected chi connectivity index (χ0v) is 12.0. The second kappa shape index (κ2) is 5.30. The van der Waals surface area contributed by atoms with Gasteiger partial charge >= 0.3 is 0 Å². The predicted octanol–water partition coefficient (Wildman–Crippen LogP) is 1.01. The second-order valence-electron chi connectivity index (χ2n) is 6.28. The van der Waals surface area contributed by atoms with Gasteiger partial charge in [-0.15, -0.1) is 0 Å². The molecule has 3 fully saturated rings. The summed E-state index contributed by atoms with van der Waals surface area (Å²) in [4.78, 5) is 14.1. The van der Waals surface area contributed by atoms with Crippen LogP contribution in [0, 0.1) is 0 Å². The van der Waals surface area contributed by atoms with E-state index in [2.05, 4.69) is 20.1 Å². The van der Waals surface area contributed by atoms with Crippen LogP contribution < -0.4 is 10.2 Å². The van der Waals surface area contributed by atoms with Crippen molar-refractivity contribution in [1.29, 1.82) is 0 Å². The third kappa shape index (κ3) is 2.94. The molecule has 0 aromatic carbocycles. The first kappa shape index (κ1) is 12.5. The van der Waals surface area contributed by atoms with Crippen molar-refractivity contribution in [2.24, 2.45) is 0 Å². The Morgan fingerprint density at radius 1 is 1.05 bits per heavy atom. The number of hydrogen-bond acceptors (Lipinski definition) is 5. The minimum absolute atomic E-state index is 0.725. The molecule has 108 valence electrons. The van der Waals surface area contributed by atoms with Crippen LogP contribution >= 0.6 is 0 Å². The summed E-state index contributed by atoms with van der Waals surface area (Å²) in [7, 11) is 0. The molecule has 4 rings (SSSR count). The van der Waals surface area contributed by atoms with E-state index in [1.165, 1.54) is 38.8 Å². The first-order chi connectivity index (χ1) is 9.88. The van der Waals surface area contributed by atoms with E-state index in [1.807, 2.05) is 12.4 Å². The van der Waals surface area contributed by atoms with Crippen LogP contribution in [0.15, 0.2) is 12.4 Å². The van der Waals surface area contributed by atoms with Crippen molar-refractivity contribution < 1.29 is 0 Å². The van der Waals surface area contributed by atoms with Gasteiger partial charge in [-0.3, -0.25) is 9.88 Å². The molecule has 1 aromatic rings. The molecule has 1 aromatic heterocycles. The highest BCUT2D eigenvalue weighted by molar-refractivity contribution is 5.37. The third-order valence-electron chi connectivity index (χ3n) is 4.52. The van der Waals surface area contributed by atoms with Crippen LogP contribution in [0.1, 0.15) is 31.4 Å². The van der Waals surface area contributed by atoms with E-state index < -0.39 is 0 Å². The van der Waals surface area contributed by atoms with E-state index in [-0.39, 0.29) is 0 Å². The molecule has 0 spiro atoms. The molecule has 2 heterocycles. The summed E-state index contributed by atoms with van der Waals surface area (Å²) in [5.41, 5.74) is 1.07. The Labute approximate surface area is 120 Å². The van der Waals surface area contributed by atoms with Crippen molar-refractivity contribution in [2.75, 3.05) is 31.1 Å². The van der Waals surface area contributed by atoms with Gasteiger partial charge in [0.1, 0.15) is 5.82 Å². The zero-order valence-electron chi connectivity index (χ0n) is 12.0. The highest BCUT2D eigenvalue weighted by atomic mass is 15.3. The number of hydrogen-bond donors (Lipinski definition) is 1. The number of piperazine rings is 1. The fraction of sp³-hybridized carbons (Fsp3) is 0.733. The van der Waals surface area contributed by atoms with Gasteiger partial charge < -0.3 is 10.2 Å². The molecule has 3 aliphatic rings. The molecular formula is C15H23N5. The van der Waals surface area contributed by atoms with Crippen molar-refractivity contribution in [3.63, 3.8) is 0 Å². The molecule has 0 atom stereocenters. The predicted molar refractivity (Wildman–Crippen MR) is 78.7 cm³/mol. The minimum Gasteiger partial charge on any atom is -0.353 e. The maximum Gasteiger partial charge on any atom is 0.147 e. The lowest BCUT2D eigenvalue weighted by Crippen LogP contribution is -2.47. The van der Waals surface area contributed by atoms with Gasteiger partial charge in [0.2, 0.25) is 0 Å². The van der Waals surface area contributed by atoms with E-state index in [4.69, 9.17) is 4.98 Å². The number of nitrogens with one attached hydrogen (secondary N) is 1. The van der Waals surface area contributed by atoms with E-state index in [9.17, 15) is 0 Å². The molecule has 0 amide bonds. The van der Waals surface area contributed by atoms with E-state index in [0.29, 0.717) is 0 Å². The molecule has 0 bridgehead atoms. The number of rotatable bonds is 5. The van der Waals surface area contributed by atoms with Gasteiger partial charge in [-0.05, 0) is 25.7 Å². The number of nitrogens with zero attached hydrogens (tertiary/aromatic N) is 4. The quantitative estimate of drug-likeness (QED) is 0.867. The minimum atomic E-state index is 0.725. The fourth-order valence-corrected chi connectivity index (χ4v) is 2.92. The van der Waals surface area contributed by atoms with Crippen LogP contribution in [-0.2, 0) is 6.54 Å². The average Bonchev–Trinajstić information content (AvgIpc) is 3.40. The largest absolute Gasteiger partial charge is 0.353 e. The molecule has 0 unspecified atom stereocenters. The standard InChI is InChI=1S/C15H23N5/c1-2-12(1)17-10-13-9-16-11-15(18-13)20-7-5-19(6-8-20)14-3-4-14/h9,11-12,14,17H,1-8,10H2. The van der Waals surface area contributed by atoms with E-state index >= 15 is 0 Å². The van der Waals surface area contributed by atoms with Crippen molar-refractivity contribution >= 4 is 5.82 Å². The van der Waals surface area contributed by atoms with Crippen molar-refractivity contribution in [3.05, 3.63) is 18.1 Å². The highest BCUT2D eigenvalue weighted by Crippen LogP contribution is 2.28. The summed E-state index contributed by atoms with van der Waals surface area (Å²) in [5, 5.41) is 3.50. The molecular weight excluding hydrogens is 250 g/mol. The van der Waals surface area contributed by atoms with E-state index in [0.717, 1.165) is 43.2 Å². The second-order valence-corrected chi connectivity index (χ2v) is 6.28. The molecule has 1 saturated heterocycles. The monoisotopic (exact) mass is 273 g/mol. The summed E-state index contributed by atoms with van der Waals surface area (Å²) in [6.45, 7) is 5.39.